The van der Waals surface area contributed by atoms with E-state index in [9.17, 15) is 22.8 Å². The summed E-state index contributed by atoms with van der Waals surface area (Å²) in [6.45, 7) is 7.95. The normalized spacial score (nSPS) is 16.4. The number of ether oxygens (including phenoxy) is 1. The molecule has 32 heavy (non-hydrogen) atoms. The first-order valence-corrected chi connectivity index (χ1v) is 11.5. The van der Waals surface area contributed by atoms with Crippen molar-refractivity contribution in [2.24, 2.45) is 0 Å². The van der Waals surface area contributed by atoms with Gasteiger partial charge >= 0.3 is 12.1 Å². The first-order valence-electron chi connectivity index (χ1n) is 11.5. The summed E-state index contributed by atoms with van der Waals surface area (Å²) in [7, 11) is 0. The Morgan fingerprint density at radius 3 is 2.44 bits per heavy atom. The zero-order valence-corrected chi connectivity index (χ0v) is 19.2. The molecule has 1 saturated heterocycles. The van der Waals surface area contributed by atoms with Crippen LogP contribution in [0.4, 0.5) is 13.2 Å². The SMILES string of the molecule is CCCCC(=O)OC(CC(=O)N1CCC(N(CC)CC)CC1)c1nccn1CC(F)(F)F. The summed E-state index contributed by atoms with van der Waals surface area (Å²) in [5.74, 6) is -0.831. The predicted octanol–water partition coefficient (Wildman–Crippen LogP) is 3.94. The van der Waals surface area contributed by atoms with Gasteiger partial charge in [0.1, 0.15) is 6.54 Å². The molecule has 0 bridgehead atoms. The molecule has 0 aromatic carbocycles. The average Bonchev–Trinajstić information content (AvgIpc) is 3.19. The van der Waals surface area contributed by atoms with Crippen LogP contribution in [0.3, 0.4) is 0 Å². The fraction of sp³-hybridized carbons (Fsp3) is 0.773. The van der Waals surface area contributed by atoms with Gasteiger partial charge in [-0.05, 0) is 32.4 Å². The van der Waals surface area contributed by atoms with Gasteiger partial charge in [0.15, 0.2) is 11.9 Å². The number of alkyl halides is 3. The summed E-state index contributed by atoms with van der Waals surface area (Å²) >= 11 is 0. The van der Waals surface area contributed by atoms with Crippen molar-refractivity contribution in [2.75, 3.05) is 26.2 Å². The zero-order valence-electron chi connectivity index (χ0n) is 19.2. The number of nitrogens with zero attached hydrogens (tertiary/aromatic N) is 4. The van der Waals surface area contributed by atoms with Crippen LogP contribution in [0, 0.1) is 0 Å². The highest BCUT2D eigenvalue weighted by atomic mass is 19.4. The van der Waals surface area contributed by atoms with Crippen LogP contribution in [0.15, 0.2) is 12.4 Å². The first kappa shape index (κ1) is 26.2. The van der Waals surface area contributed by atoms with E-state index in [1.807, 2.05) is 6.92 Å². The Kier molecular flexibility index (Phi) is 9.99. The molecule has 0 aliphatic carbocycles. The molecule has 1 fully saturated rings. The summed E-state index contributed by atoms with van der Waals surface area (Å²) in [6.07, 6.45) is -0.178. The highest BCUT2D eigenvalue weighted by Crippen LogP contribution is 2.27. The molecular formula is C22H35F3N4O3. The maximum absolute atomic E-state index is 13.0. The molecule has 1 aliphatic rings. The molecule has 1 aromatic rings. The first-order chi connectivity index (χ1) is 15.2. The van der Waals surface area contributed by atoms with Crippen molar-refractivity contribution < 1.29 is 27.5 Å². The predicted molar refractivity (Wildman–Crippen MR) is 114 cm³/mol. The van der Waals surface area contributed by atoms with Gasteiger partial charge in [0.05, 0.1) is 6.42 Å². The van der Waals surface area contributed by atoms with E-state index in [2.05, 4.69) is 23.7 Å². The Bertz CT molecular complexity index is 726. The monoisotopic (exact) mass is 460 g/mol. The summed E-state index contributed by atoms with van der Waals surface area (Å²) in [5, 5.41) is 0. The van der Waals surface area contributed by atoms with Crippen molar-refractivity contribution >= 4 is 11.9 Å². The molecule has 0 saturated carbocycles. The summed E-state index contributed by atoms with van der Waals surface area (Å²) in [5.41, 5.74) is 0. The van der Waals surface area contributed by atoms with E-state index >= 15 is 0 Å². The van der Waals surface area contributed by atoms with Gasteiger partial charge in [-0.25, -0.2) is 4.98 Å². The lowest BCUT2D eigenvalue weighted by molar-refractivity contribution is -0.154. The maximum atomic E-state index is 13.0. The molecule has 7 nitrogen and oxygen atoms in total. The highest BCUT2D eigenvalue weighted by molar-refractivity contribution is 5.77. The van der Waals surface area contributed by atoms with Gasteiger partial charge in [0.25, 0.3) is 0 Å². The number of amides is 1. The number of hydrogen-bond donors (Lipinski definition) is 0. The standard InChI is InChI=1S/C22H35F3N4O3/c1-4-7-8-20(31)32-18(21-26-11-14-29(21)16-22(23,24)25)15-19(30)28-12-9-17(10-13-28)27(5-2)6-3/h11,14,17-18H,4-10,12-13,15-16H2,1-3H3. The van der Waals surface area contributed by atoms with Crippen LogP contribution in [0.1, 0.15) is 71.2 Å². The third-order valence-corrected chi connectivity index (χ3v) is 5.90. The van der Waals surface area contributed by atoms with E-state index in [-0.39, 0.29) is 24.6 Å². The second-order valence-electron chi connectivity index (χ2n) is 8.15. The number of piperidine rings is 1. The van der Waals surface area contributed by atoms with Gasteiger partial charge < -0.3 is 19.1 Å². The van der Waals surface area contributed by atoms with E-state index < -0.39 is 24.8 Å². The Morgan fingerprint density at radius 1 is 1.22 bits per heavy atom. The van der Waals surface area contributed by atoms with Crippen molar-refractivity contribution in [3.05, 3.63) is 18.2 Å². The number of unbranched alkanes of at least 4 members (excludes halogenated alkanes) is 1. The zero-order chi connectivity index (χ0) is 23.7. The summed E-state index contributed by atoms with van der Waals surface area (Å²) < 4.78 is 45.3. The molecule has 1 unspecified atom stereocenters. The molecule has 2 rings (SSSR count). The Hall–Kier alpha value is -2.10. The fourth-order valence-corrected chi connectivity index (χ4v) is 4.17. The number of carbonyl (C=O) groups excluding carboxylic acids is 2. The van der Waals surface area contributed by atoms with Crippen LogP contribution >= 0.6 is 0 Å². The largest absolute Gasteiger partial charge is 0.454 e. The molecule has 1 amide bonds. The van der Waals surface area contributed by atoms with E-state index in [0.29, 0.717) is 25.6 Å². The molecule has 1 aromatic heterocycles. The number of hydrogen-bond acceptors (Lipinski definition) is 5. The Labute approximate surface area is 187 Å². The lowest BCUT2D eigenvalue weighted by Crippen LogP contribution is -2.47. The van der Waals surface area contributed by atoms with Crippen molar-refractivity contribution in [2.45, 2.75) is 84.2 Å². The number of aromatic nitrogens is 2. The Morgan fingerprint density at radius 2 is 1.88 bits per heavy atom. The quantitative estimate of drug-likeness (QED) is 0.468. The minimum atomic E-state index is -4.46. The van der Waals surface area contributed by atoms with Crippen LogP contribution in [0.2, 0.25) is 0 Å². The van der Waals surface area contributed by atoms with Gasteiger partial charge in [0.2, 0.25) is 5.91 Å². The molecule has 1 aliphatic heterocycles. The molecule has 0 radical (unpaired) electrons. The molecule has 0 spiro atoms. The fourth-order valence-electron chi connectivity index (χ4n) is 4.17. The van der Waals surface area contributed by atoms with Crippen molar-refractivity contribution in [3.63, 3.8) is 0 Å². The Balaban J connectivity index is 2.09. The lowest BCUT2D eigenvalue weighted by atomic mass is 10.0. The van der Waals surface area contributed by atoms with E-state index in [4.69, 9.17) is 4.74 Å². The smallest absolute Gasteiger partial charge is 0.406 e. The third-order valence-electron chi connectivity index (χ3n) is 5.90. The summed E-state index contributed by atoms with van der Waals surface area (Å²) in [6, 6.07) is 0.419. The number of imidazole rings is 1. The summed E-state index contributed by atoms with van der Waals surface area (Å²) in [4.78, 5) is 33.3. The van der Waals surface area contributed by atoms with Crippen LogP contribution in [0.5, 0.6) is 0 Å². The van der Waals surface area contributed by atoms with Crippen LogP contribution in [-0.4, -0.2) is 69.6 Å². The molecule has 2 heterocycles. The highest BCUT2D eigenvalue weighted by Gasteiger charge is 2.33. The van der Waals surface area contributed by atoms with Crippen molar-refractivity contribution in [1.82, 2.24) is 19.4 Å². The van der Waals surface area contributed by atoms with Crippen LogP contribution < -0.4 is 0 Å². The number of esters is 1. The van der Waals surface area contributed by atoms with Crippen LogP contribution in [-0.2, 0) is 20.9 Å². The molecule has 0 N–H and O–H groups in total. The number of rotatable bonds is 11. The van der Waals surface area contributed by atoms with Gasteiger partial charge in [-0.15, -0.1) is 0 Å². The average molecular weight is 461 g/mol. The van der Waals surface area contributed by atoms with Crippen LogP contribution in [0.25, 0.3) is 0 Å². The van der Waals surface area contributed by atoms with Gasteiger partial charge in [0, 0.05) is 37.9 Å². The topological polar surface area (TPSA) is 67.7 Å². The molecule has 182 valence electrons. The van der Waals surface area contributed by atoms with Gasteiger partial charge in [-0.2, -0.15) is 13.2 Å². The number of likely N-dealkylation sites (tertiary alicyclic amines) is 1. The van der Waals surface area contributed by atoms with Crippen molar-refractivity contribution in [1.29, 1.82) is 0 Å². The van der Waals surface area contributed by atoms with Crippen molar-refractivity contribution in [3.8, 4) is 0 Å². The molecular weight excluding hydrogens is 425 g/mol. The third kappa shape index (κ3) is 7.79. The maximum Gasteiger partial charge on any atom is 0.406 e. The van der Waals surface area contributed by atoms with E-state index in [1.54, 1.807) is 4.90 Å². The minimum Gasteiger partial charge on any atom is -0.454 e. The second-order valence-corrected chi connectivity index (χ2v) is 8.15. The van der Waals surface area contributed by atoms with Gasteiger partial charge in [-0.1, -0.05) is 27.2 Å². The van der Waals surface area contributed by atoms with E-state index in [1.165, 1.54) is 12.4 Å². The van der Waals surface area contributed by atoms with Gasteiger partial charge in [-0.3, -0.25) is 9.59 Å². The van der Waals surface area contributed by atoms with E-state index in [0.717, 1.165) is 36.9 Å². The number of halogens is 3. The lowest BCUT2D eigenvalue weighted by Gasteiger charge is -2.38. The molecule has 10 heteroatoms. The second kappa shape index (κ2) is 12.2. The number of carbonyl (C=O) groups is 2. The minimum absolute atomic E-state index is 0.0569. The molecule has 1 atom stereocenters.